The first-order valence-electron chi connectivity index (χ1n) is 8.39. The molecule has 0 spiro atoms. The van der Waals surface area contributed by atoms with Crippen molar-refractivity contribution in [2.75, 3.05) is 18.0 Å². The lowest BCUT2D eigenvalue weighted by atomic mass is 10.1. The van der Waals surface area contributed by atoms with E-state index in [9.17, 15) is 9.59 Å². The Kier molecular flexibility index (Phi) is 5.55. The number of anilines is 1. The molecule has 26 heavy (non-hydrogen) atoms. The number of hydrogen-bond acceptors (Lipinski definition) is 3. The molecule has 0 saturated carbocycles. The van der Waals surface area contributed by atoms with Crippen LogP contribution in [-0.4, -0.2) is 24.9 Å². The molecule has 2 aromatic carbocycles. The van der Waals surface area contributed by atoms with Gasteiger partial charge in [0.2, 0.25) is 11.8 Å². The van der Waals surface area contributed by atoms with E-state index in [1.807, 2.05) is 30.3 Å². The van der Waals surface area contributed by atoms with Crippen LogP contribution in [0.5, 0.6) is 0 Å². The van der Waals surface area contributed by atoms with E-state index >= 15 is 0 Å². The molecular formula is C20H18ClN3O2. The number of rotatable bonds is 5. The first-order chi connectivity index (χ1) is 12.6. The van der Waals surface area contributed by atoms with E-state index in [1.54, 1.807) is 29.2 Å². The zero-order chi connectivity index (χ0) is 18.5. The summed E-state index contributed by atoms with van der Waals surface area (Å²) in [4.78, 5) is 26.2. The van der Waals surface area contributed by atoms with Gasteiger partial charge in [-0.15, -0.1) is 0 Å². The standard InChI is InChI=1S/C20H18ClN3O2/c21-17-5-1-14(2-6-17)9-10-23-20(26)16-11-19(25)24(13-16)18-7-3-15(12-22)4-8-18/h1-8,16H,9-11,13H2,(H,23,26). The average Bonchev–Trinajstić information content (AvgIpc) is 3.05. The van der Waals surface area contributed by atoms with E-state index in [4.69, 9.17) is 16.9 Å². The van der Waals surface area contributed by atoms with E-state index < -0.39 is 0 Å². The molecule has 1 aliphatic rings. The fourth-order valence-electron chi connectivity index (χ4n) is 2.97. The van der Waals surface area contributed by atoms with E-state index in [-0.39, 0.29) is 24.2 Å². The molecule has 3 rings (SSSR count). The predicted molar refractivity (Wildman–Crippen MR) is 99.8 cm³/mol. The Hall–Kier alpha value is -2.84. The fraction of sp³-hybridized carbons (Fsp3) is 0.250. The normalized spacial score (nSPS) is 16.4. The molecule has 0 bridgehead atoms. The highest BCUT2D eigenvalue weighted by Crippen LogP contribution is 2.25. The Morgan fingerprint density at radius 1 is 1.19 bits per heavy atom. The van der Waals surface area contributed by atoms with Crippen molar-refractivity contribution in [2.45, 2.75) is 12.8 Å². The molecular weight excluding hydrogens is 350 g/mol. The number of carbonyl (C=O) groups is 2. The lowest BCUT2D eigenvalue weighted by molar-refractivity contribution is -0.126. The quantitative estimate of drug-likeness (QED) is 0.883. The summed E-state index contributed by atoms with van der Waals surface area (Å²) < 4.78 is 0. The molecule has 0 aromatic heterocycles. The highest BCUT2D eigenvalue weighted by molar-refractivity contribution is 6.30. The summed E-state index contributed by atoms with van der Waals surface area (Å²) in [7, 11) is 0. The number of carbonyl (C=O) groups excluding carboxylic acids is 2. The molecule has 1 unspecified atom stereocenters. The van der Waals surface area contributed by atoms with Gasteiger partial charge in [0.15, 0.2) is 0 Å². The molecule has 1 N–H and O–H groups in total. The maximum atomic E-state index is 12.4. The maximum absolute atomic E-state index is 12.4. The first-order valence-corrected chi connectivity index (χ1v) is 8.77. The summed E-state index contributed by atoms with van der Waals surface area (Å²) in [5.41, 5.74) is 2.35. The molecule has 1 heterocycles. The minimum atomic E-state index is -0.358. The molecule has 132 valence electrons. The summed E-state index contributed by atoms with van der Waals surface area (Å²) in [6.07, 6.45) is 0.912. The number of nitrogens with zero attached hydrogens (tertiary/aromatic N) is 2. The molecule has 0 radical (unpaired) electrons. The smallest absolute Gasteiger partial charge is 0.227 e. The van der Waals surface area contributed by atoms with Gasteiger partial charge in [-0.1, -0.05) is 23.7 Å². The van der Waals surface area contributed by atoms with E-state index in [1.165, 1.54) is 0 Å². The summed E-state index contributed by atoms with van der Waals surface area (Å²) in [6.45, 7) is 0.875. The van der Waals surface area contributed by atoms with Crippen LogP contribution in [0.15, 0.2) is 48.5 Å². The van der Waals surface area contributed by atoms with Gasteiger partial charge in [0, 0.05) is 30.2 Å². The van der Waals surface area contributed by atoms with Gasteiger partial charge in [0.05, 0.1) is 17.6 Å². The lowest BCUT2D eigenvalue weighted by Crippen LogP contribution is -2.34. The van der Waals surface area contributed by atoms with Crippen LogP contribution >= 0.6 is 11.6 Å². The van der Waals surface area contributed by atoms with Crippen molar-refractivity contribution in [3.8, 4) is 6.07 Å². The molecule has 1 atom stereocenters. The van der Waals surface area contributed by atoms with Gasteiger partial charge in [-0.2, -0.15) is 5.26 Å². The lowest BCUT2D eigenvalue weighted by Gasteiger charge is -2.16. The van der Waals surface area contributed by atoms with Gasteiger partial charge < -0.3 is 10.2 Å². The minimum Gasteiger partial charge on any atom is -0.355 e. The number of nitrogens with one attached hydrogen (secondary N) is 1. The Balaban J connectivity index is 1.53. The van der Waals surface area contributed by atoms with Gasteiger partial charge >= 0.3 is 0 Å². The number of amides is 2. The average molecular weight is 368 g/mol. The van der Waals surface area contributed by atoms with Crippen molar-refractivity contribution < 1.29 is 9.59 Å². The van der Waals surface area contributed by atoms with Crippen molar-refractivity contribution in [1.29, 1.82) is 5.26 Å². The van der Waals surface area contributed by atoms with Crippen LogP contribution in [0.25, 0.3) is 0 Å². The van der Waals surface area contributed by atoms with Gasteiger partial charge in [0.1, 0.15) is 0 Å². The summed E-state index contributed by atoms with van der Waals surface area (Å²) in [6, 6.07) is 16.4. The van der Waals surface area contributed by atoms with Crippen LogP contribution in [0.2, 0.25) is 5.02 Å². The van der Waals surface area contributed by atoms with Crippen molar-refractivity contribution in [2.24, 2.45) is 5.92 Å². The fourth-order valence-corrected chi connectivity index (χ4v) is 3.10. The van der Waals surface area contributed by atoms with E-state index in [2.05, 4.69) is 5.32 Å². The first kappa shape index (κ1) is 18.0. The van der Waals surface area contributed by atoms with Crippen molar-refractivity contribution >= 4 is 29.1 Å². The maximum Gasteiger partial charge on any atom is 0.227 e. The number of nitriles is 1. The van der Waals surface area contributed by atoms with Crippen molar-refractivity contribution in [3.05, 3.63) is 64.7 Å². The second-order valence-corrected chi connectivity index (χ2v) is 6.67. The molecule has 1 fully saturated rings. The summed E-state index contributed by atoms with van der Waals surface area (Å²) in [5.74, 6) is -0.542. The van der Waals surface area contributed by atoms with Crippen LogP contribution in [0.1, 0.15) is 17.5 Å². The third-order valence-corrected chi connectivity index (χ3v) is 4.68. The Morgan fingerprint density at radius 2 is 1.88 bits per heavy atom. The molecule has 2 amide bonds. The third kappa shape index (κ3) is 4.22. The predicted octanol–water partition coefficient (Wildman–Crippen LogP) is 2.92. The van der Waals surface area contributed by atoms with Crippen LogP contribution in [0.4, 0.5) is 5.69 Å². The van der Waals surface area contributed by atoms with E-state index in [0.29, 0.717) is 35.8 Å². The van der Waals surface area contributed by atoms with Crippen molar-refractivity contribution in [1.82, 2.24) is 5.32 Å². The Morgan fingerprint density at radius 3 is 2.54 bits per heavy atom. The number of benzene rings is 2. The van der Waals surface area contributed by atoms with Crippen LogP contribution in [0, 0.1) is 17.2 Å². The SMILES string of the molecule is N#Cc1ccc(N2CC(C(=O)NCCc3ccc(Cl)cc3)CC2=O)cc1. The van der Waals surface area contributed by atoms with Gasteiger partial charge in [0.25, 0.3) is 0 Å². The Bertz CT molecular complexity index is 841. The summed E-state index contributed by atoms with van der Waals surface area (Å²) >= 11 is 5.85. The van der Waals surface area contributed by atoms with Crippen LogP contribution < -0.4 is 10.2 Å². The highest BCUT2D eigenvalue weighted by Gasteiger charge is 2.34. The van der Waals surface area contributed by atoms with E-state index in [0.717, 1.165) is 5.56 Å². The van der Waals surface area contributed by atoms with Gasteiger partial charge in [-0.3, -0.25) is 9.59 Å². The monoisotopic (exact) mass is 367 g/mol. The van der Waals surface area contributed by atoms with Gasteiger partial charge in [-0.05, 0) is 48.4 Å². The highest BCUT2D eigenvalue weighted by atomic mass is 35.5. The molecule has 2 aromatic rings. The largest absolute Gasteiger partial charge is 0.355 e. The zero-order valence-corrected chi connectivity index (χ0v) is 14.9. The minimum absolute atomic E-state index is 0.0763. The summed E-state index contributed by atoms with van der Waals surface area (Å²) in [5, 5.41) is 12.4. The second kappa shape index (κ2) is 8.03. The zero-order valence-electron chi connectivity index (χ0n) is 14.1. The molecule has 1 saturated heterocycles. The van der Waals surface area contributed by atoms with Gasteiger partial charge in [-0.25, -0.2) is 0 Å². The topological polar surface area (TPSA) is 73.2 Å². The third-order valence-electron chi connectivity index (χ3n) is 4.43. The number of halogens is 1. The van der Waals surface area contributed by atoms with Crippen LogP contribution in [0.3, 0.4) is 0 Å². The molecule has 6 heteroatoms. The molecule has 0 aliphatic carbocycles. The second-order valence-electron chi connectivity index (χ2n) is 6.23. The van der Waals surface area contributed by atoms with Crippen molar-refractivity contribution in [3.63, 3.8) is 0 Å². The number of hydrogen-bond donors (Lipinski definition) is 1. The molecule has 1 aliphatic heterocycles. The van der Waals surface area contributed by atoms with Crippen LogP contribution in [-0.2, 0) is 16.0 Å². The molecule has 5 nitrogen and oxygen atoms in total. The Labute approximate surface area is 157 Å².